The lowest BCUT2D eigenvalue weighted by atomic mass is 10.2. The van der Waals surface area contributed by atoms with Crippen LogP contribution in [-0.2, 0) is 11.2 Å². The molecule has 0 unspecified atom stereocenters. The second-order valence-corrected chi connectivity index (χ2v) is 5.76. The van der Waals surface area contributed by atoms with Crippen LogP contribution in [0.5, 0.6) is 0 Å². The van der Waals surface area contributed by atoms with Crippen molar-refractivity contribution in [1.29, 1.82) is 0 Å². The van der Waals surface area contributed by atoms with Crippen molar-refractivity contribution in [3.8, 4) is 10.6 Å². The Balaban J connectivity index is 2.10. The molecule has 112 valence electrons. The van der Waals surface area contributed by atoms with Gasteiger partial charge in [-0.2, -0.15) is 0 Å². The van der Waals surface area contributed by atoms with Crippen LogP contribution in [0.1, 0.15) is 12.6 Å². The fraction of sp³-hybridized carbons (Fsp3) is 0.333. The van der Waals surface area contributed by atoms with E-state index in [1.807, 2.05) is 36.6 Å². The van der Waals surface area contributed by atoms with Crippen LogP contribution < -0.4 is 0 Å². The van der Waals surface area contributed by atoms with E-state index in [4.69, 9.17) is 16.7 Å². The molecule has 0 aliphatic rings. The monoisotopic (exact) mass is 324 g/mol. The highest BCUT2D eigenvalue weighted by molar-refractivity contribution is 7.13. The smallest absolute Gasteiger partial charge is 0.228 e. The van der Waals surface area contributed by atoms with Gasteiger partial charge in [-0.15, -0.1) is 11.3 Å². The van der Waals surface area contributed by atoms with Crippen LogP contribution in [0.25, 0.3) is 10.6 Å². The van der Waals surface area contributed by atoms with Gasteiger partial charge in [0.25, 0.3) is 0 Å². The van der Waals surface area contributed by atoms with Gasteiger partial charge in [0.15, 0.2) is 0 Å². The van der Waals surface area contributed by atoms with Crippen LogP contribution in [0.2, 0.25) is 5.02 Å². The summed E-state index contributed by atoms with van der Waals surface area (Å²) in [6, 6.07) is 7.52. The number of benzene rings is 1. The first-order chi connectivity index (χ1) is 10.2. The summed E-state index contributed by atoms with van der Waals surface area (Å²) >= 11 is 7.63. The van der Waals surface area contributed by atoms with Gasteiger partial charge in [0, 0.05) is 24.0 Å². The second kappa shape index (κ2) is 7.54. The van der Waals surface area contributed by atoms with Crippen LogP contribution in [0.4, 0.5) is 0 Å². The zero-order chi connectivity index (χ0) is 15.2. The molecule has 0 atom stereocenters. The summed E-state index contributed by atoms with van der Waals surface area (Å²) in [4.78, 5) is 18.2. The summed E-state index contributed by atoms with van der Waals surface area (Å²) in [5.41, 5.74) is 1.61. The van der Waals surface area contributed by atoms with Gasteiger partial charge in [-0.1, -0.05) is 29.8 Å². The molecular weight excluding hydrogens is 308 g/mol. The van der Waals surface area contributed by atoms with Crippen molar-refractivity contribution >= 4 is 28.8 Å². The molecular formula is C15H17ClN2O2S. The van der Waals surface area contributed by atoms with Crippen LogP contribution in [0.3, 0.4) is 0 Å². The SMILES string of the molecule is CCN(CCO)C(=O)Cc1csc(-c2ccccc2Cl)n1. The summed E-state index contributed by atoms with van der Waals surface area (Å²) < 4.78 is 0. The van der Waals surface area contributed by atoms with Crippen molar-refractivity contribution in [2.75, 3.05) is 19.7 Å². The first-order valence-electron chi connectivity index (χ1n) is 6.73. The van der Waals surface area contributed by atoms with Gasteiger partial charge in [-0.05, 0) is 13.0 Å². The first-order valence-corrected chi connectivity index (χ1v) is 7.99. The Morgan fingerprint density at radius 1 is 1.43 bits per heavy atom. The maximum atomic E-state index is 12.1. The molecule has 0 aliphatic carbocycles. The summed E-state index contributed by atoms with van der Waals surface area (Å²) in [7, 11) is 0. The van der Waals surface area contributed by atoms with E-state index >= 15 is 0 Å². The van der Waals surface area contributed by atoms with E-state index in [1.54, 1.807) is 4.90 Å². The minimum atomic E-state index is -0.0263. The highest BCUT2D eigenvalue weighted by Gasteiger charge is 2.15. The Labute approximate surface area is 133 Å². The highest BCUT2D eigenvalue weighted by atomic mass is 35.5. The minimum absolute atomic E-state index is 0.0254. The van der Waals surface area contributed by atoms with Crippen molar-refractivity contribution in [3.63, 3.8) is 0 Å². The van der Waals surface area contributed by atoms with E-state index in [-0.39, 0.29) is 18.9 Å². The molecule has 0 saturated carbocycles. The lowest BCUT2D eigenvalue weighted by Crippen LogP contribution is -2.34. The van der Waals surface area contributed by atoms with Crippen molar-refractivity contribution in [2.24, 2.45) is 0 Å². The molecule has 1 N–H and O–H groups in total. The van der Waals surface area contributed by atoms with Crippen molar-refractivity contribution in [1.82, 2.24) is 9.88 Å². The molecule has 0 spiro atoms. The lowest BCUT2D eigenvalue weighted by molar-refractivity contribution is -0.130. The fourth-order valence-electron chi connectivity index (χ4n) is 1.99. The number of aliphatic hydroxyl groups is 1. The third-order valence-electron chi connectivity index (χ3n) is 3.09. The Morgan fingerprint density at radius 2 is 2.19 bits per heavy atom. The molecule has 0 aliphatic heterocycles. The van der Waals surface area contributed by atoms with Crippen molar-refractivity contribution < 1.29 is 9.90 Å². The molecule has 6 heteroatoms. The van der Waals surface area contributed by atoms with Crippen LogP contribution in [-0.4, -0.2) is 40.6 Å². The van der Waals surface area contributed by atoms with Crippen molar-refractivity contribution in [3.05, 3.63) is 40.4 Å². The molecule has 1 heterocycles. The van der Waals surface area contributed by atoms with Gasteiger partial charge in [0.1, 0.15) is 5.01 Å². The summed E-state index contributed by atoms with van der Waals surface area (Å²) in [5.74, 6) is -0.0254. The van der Waals surface area contributed by atoms with Gasteiger partial charge < -0.3 is 10.0 Å². The molecule has 2 rings (SSSR count). The number of nitrogens with zero attached hydrogens (tertiary/aromatic N) is 2. The van der Waals surface area contributed by atoms with Gasteiger partial charge in [0.05, 0.1) is 23.7 Å². The fourth-order valence-corrected chi connectivity index (χ4v) is 3.13. The number of thiazole rings is 1. The quantitative estimate of drug-likeness (QED) is 0.889. The normalized spacial score (nSPS) is 10.6. The molecule has 21 heavy (non-hydrogen) atoms. The van der Waals surface area contributed by atoms with Gasteiger partial charge in [-0.3, -0.25) is 4.79 Å². The van der Waals surface area contributed by atoms with Gasteiger partial charge in [-0.25, -0.2) is 4.98 Å². The molecule has 2 aromatic rings. The average molecular weight is 325 g/mol. The summed E-state index contributed by atoms with van der Waals surface area (Å²) in [6.07, 6.45) is 0.245. The number of likely N-dealkylation sites (N-methyl/N-ethyl adjacent to an activating group) is 1. The van der Waals surface area contributed by atoms with E-state index in [2.05, 4.69) is 4.98 Å². The molecule has 0 bridgehead atoms. The number of hydrogen-bond donors (Lipinski definition) is 1. The molecule has 1 amide bonds. The summed E-state index contributed by atoms with van der Waals surface area (Å²) in [5, 5.41) is 12.3. The van der Waals surface area contributed by atoms with E-state index in [9.17, 15) is 4.79 Å². The lowest BCUT2D eigenvalue weighted by Gasteiger charge is -2.18. The third-order valence-corrected chi connectivity index (χ3v) is 4.35. The van der Waals surface area contributed by atoms with Crippen LogP contribution in [0, 0.1) is 0 Å². The topological polar surface area (TPSA) is 53.4 Å². The average Bonchev–Trinajstić information content (AvgIpc) is 2.93. The molecule has 0 fully saturated rings. The Kier molecular flexibility index (Phi) is 5.73. The Hall–Kier alpha value is -1.43. The molecule has 4 nitrogen and oxygen atoms in total. The molecule has 1 aromatic heterocycles. The van der Waals surface area contributed by atoms with Crippen LogP contribution >= 0.6 is 22.9 Å². The number of hydrogen-bond acceptors (Lipinski definition) is 4. The Bertz CT molecular complexity index is 615. The van der Waals surface area contributed by atoms with E-state index in [0.29, 0.717) is 18.1 Å². The largest absolute Gasteiger partial charge is 0.395 e. The number of carbonyl (C=O) groups is 1. The Morgan fingerprint density at radius 3 is 2.86 bits per heavy atom. The van der Waals surface area contributed by atoms with Crippen molar-refractivity contribution in [2.45, 2.75) is 13.3 Å². The predicted octanol–water partition coefficient (Wildman–Crippen LogP) is 2.85. The zero-order valence-electron chi connectivity index (χ0n) is 11.8. The summed E-state index contributed by atoms with van der Waals surface area (Å²) in [6.45, 7) is 2.81. The van der Waals surface area contributed by atoms with E-state index in [1.165, 1.54) is 11.3 Å². The molecule has 1 aromatic carbocycles. The van der Waals surface area contributed by atoms with Gasteiger partial charge >= 0.3 is 0 Å². The maximum Gasteiger partial charge on any atom is 0.228 e. The predicted molar refractivity (Wildman–Crippen MR) is 85.6 cm³/mol. The zero-order valence-corrected chi connectivity index (χ0v) is 13.3. The first kappa shape index (κ1) is 15.9. The maximum absolute atomic E-state index is 12.1. The number of rotatable bonds is 6. The standard InChI is InChI=1S/C15H17ClN2O2S/c1-2-18(7-8-19)14(20)9-11-10-21-15(17-11)12-5-3-4-6-13(12)16/h3-6,10,19H,2,7-9H2,1H3. The van der Waals surface area contributed by atoms with Crippen LogP contribution in [0.15, 0.2) is 29.6 Å². The van der Waals surface area contributed by atoms with E-state index in [0.717, 1.165) is 16.3 Å². The number of aromatic nitrogens is 1. The number of carbonyl (C=O) groups excluding carboxylic acids is 1. The highest BCUT2D eigenvalue weighted by Crippen LogP contribution is 2.30. The number of halogens is 1. The number of aliphatic hydroxyl groups excluding tert-OH is 1. The third kappa shape index (κ3) is 4.03. The van der Waals surface area contributed by atoms with E-state index < -0.39 is 0 Å². The second-order valence-electron chi connectivity index (χ2n) is 4.50. The molecule has 0 saturated heterocycles. The molecule has 0 radical (unpaired) electrons. The van der Waals surface area contributed by atoms with Gasteiger partial charge in [0.2, 0.25) is 5.91 Å². The number of amides is 1. The minimum Gasteiger partial charge on any atom is -0.395 e.